The van der Waals surface area contributed by atoms with Gasteiger partial charge in [-0.05, 0) is 37.6 Å². The summed E-state index contributed by atoms with van der Waals surface area (Å²) in [6.45, 7) is 3.67. The highest BCUT2D eigenvalue weighted by molar-refractivity contribution is 5.94. The van der Waals surface area contributed by atoms with Crippen molar-refractivity contribution >= 4 is 11.6 Å². The van der Waals surface area contributed by atoms with Gasteiger partial charge in [0.2, 0.25) is 0 Å². The Hall–Kier alpha value is -2.49. The fraction of sp³-hybridized carbons (Fsp3) is 0.235. The Labute approximate surface area is 124 Å². The van der Waals surface area contributed by atoms with Gasteiger partial charge in [0.25, 0.3) is 5.91 Å². The van der Waals surface area contributed by atoms with Crippen LogP contribution in [-0.4, -0.2) is 19.1 Å². The predicted octanol–water partition coefficient (Wildman–Crippen LogP) is 3.41. The number of amides is 1. The molecule has 110 valence electrons. The summed E-state index contributed by atoms with van der Waals surface area (Å²) in [6, 6.07) is 14.8. The lowest BCUT2D eigenvalue weighted by Crippen LogP contribution is -2.30. The van der Waals surface area contributed by atoms with E-state index in [2.05, 4.69) is 5.32 Å². The number of rotatable bonds is 5. The first kappa shape index (κ1) is 14.9. The van der Waals surface area contributed by atoms with Gasteiger partial charge in [-0.1, -0.05) is 24.3 Å². The molecule has 0 bridgehead atoms. The molecule has 0 aliphatic carbocycles. The number of nitrogens with one attached hydrogen (secondary N) is 1. The van der Waals surface area contributed by atoms with Gasteiger partial charge in [0.1, 0.15) is 11.5 Å². The van der Waals surface area contributed by atoms with Gasteiger partial charge in [0.05, 0.1) is 7.11 Å². The summed E-state index contributed by atoms with van der Waals surface area (Å²) in [7, 11) is 1.59. The molecule has 4 nitrogen and oxygen atoms in total. The molecule has 0 heterocycles. The van der Waals surface area contributed by atoms with Crippen LogP contribution < -0.4 is 14.8 Å². The molecule has 4 heteroatoms. The number of para-hydroxylation sites is 1. The second-order valence-corrected chi connectivity index (χ2v) is 4.75. The Kier molecular flexibility index (Phi) is 4.82. The number of carbonyl (C=O) groups is 1. The van der Waals surface area contributed by atoms with E-state index in [1.165, 1.54) is 0 Å². The SMILES string of the molecule is COc1cccc(NC(=O)C(C)Oc2ccccc2C)c1. The smallest absolute Gasteiger partial charge is 0.265 e. The molecule has 0 radical (unpaired) electrons. The van der Waals surface area contributed by atoms with Gasteiger partial charge < -0.3 is 14.8 Å². The van der Waals surface area contributed by atoms with Crippen molar-refractivity contribution in [3.05, 3.63) is 54.1 Å². The third-order valence-corrected chi connectivity index (χ3v) is 3.10. The number of ether oxygens (including phenoxy) is 2. The Morgan fingerprint density at radius 2 is 1.90 bits per heavy atom. The molecule has 0 saturated carbocycles. The summed E-state index contributed by atoms with van der Waals surface area (Å²) < 4.78 is 10.8. The van der Waals surface area contributed by atoms with E-state index in [0.717, 1.165) is 5.56 Å². The average molecular weight is 285 g/mol. The van der Waals surface area contributed by atoms with Crippen molar-refractivity contribution in [1.29, 1.82) is 0 Å². The van der Waals surface area contributed by atoms with Crippen LogP contribution in [0.5, 0.6) is 11.5 Å². The quantitative estimate of drug-likeness (QED) is 0.915. The summed E-state index contributed by atoms with van der Waals surface area (Å²) in [5.41, 5.74) is 1.68. The van der Waals surface area contributed by atoms with Crippen LogP contribution in [0.1, 0.15) is 12.5 Å². The average Bonchev–Trinajstić information content (AvgIpc) is 2.49. The first-order valence-electron chi connectivity index (χ1n) is 6.77. The van der Waals surface area contributed by atoms with E-state index in [1.54, 1.807) is 26.2 Å². The normalized spacial score (nSPS) is 11.6. The van der Waals surface area contributed by atoms with Gasteiger partial charge in [0, 0.05) is 11.8 Å². The number of aryl methyl sites for hydroxylation is 1. The van der Waals surface area contributed by atoms with Crippen molar-refractivity contribution in [2.45, 2.75) is 20.0 Å². The standard InChI is InChI=1S/C17H19NO3/c1-12-7-4-5-10-16(12)21-13(2)17(19)18-14-8-6-9-15(11-14)20-3/h4-11,13H,1-3H3,(H,18,19). The number of anilines is 1. The molecule has 1 atom stereocenters. The summed E-state index contributed by atoms with van der Waals surface area (Å²) in [5, 5.41) is 2.81. The Balaban J connectivity index is 2.01. The highest BCUT2D eigenvalue weighted by Gasteiger charge is 2.15. The van der Waals surface area contributed by atoms with Crippen LogP contribution in [0.15, 0.2) is 48.5 Å². The van der Waals surface area contributed by atoms with Crippen LogP contribution in [0.4, 0.5) is 5.69 Å². The first-order chi connectivity index (χ1) is 10.1. The second kappa shape index (κ2) is 6.79. The van der Waals surface area contributed by atoms with E-state index >= 15 is 0 Å². The molecule has 1 amide bonds. The molecule has 1 unspecified atom stereocenters. The van der Waals surface area contributed by atoms with Gasteiger partial charge in [0.15, 0.2) is 6.10 Å². The third-order valence-electron chi connectivity index (χ3n) is 3.10. The zero-order valence-corrected chi connectivity index (χ0v) is 12.4. The lowest BCUT2D eigenvalue weighted by molar-refractivity contribution is -0.122. The molecule has 2 rings (SSSR count). The summed E-state index contributed by atoms with van der Waals surface area (Å²) in [5.74, 6) is 1.21. The summed E-state index contributed by atoms with van der Waals surface area (Å²) >= 11 is 0. The molecule has 1 N–H and O–H groups in total. The number of hydrogen-bond acceptors (Lipinski definition) is 3. The minimum absolute atomic E-state index is 0.202. The van der Waals surface area contributed by atoms with E-state index < -0.39 is 6.10 Å². The van der Waals surface area contributed by atoms with Crippen LogP contribution in [0.25, 0.3) is 0 Å². The van der Waals surface area contributed by atoms with Gasteiger partial charge in [-0.25, -0.2) is 0 Å². The molecular formula is C17H19NO3. The molecule has 0 spiro atoms. The number of methoxy groups -OCH3 is 1. The van der Waals surface area contributed by atoms with Crippen molar-refractivity contribution in [3.63, 3.8) is 0 Å². The third kappa shape index (κ3) is 3.99. The highest BCUT2D eigenvalue weighted by atomic mass is 16.5. The maximum atomic E-state index is 12.2. The second-order valence-electron chi connectivity index (χ2n) is 4.75. The minimum Gasteiger partial charge on any atom is -0.497 e. The Bertz CT molecular complexity index is 625. The molecule has 21 heavy (non-hydrogen) atoms. The number of hydrogen-bond donors (Lipinski definition) is 1. The van der Waals surface area contributed by atoms with Gasteiger partial charge in [-0.2, -0.15) is 0 Å². The molecule has 0 aliphatic heterocycles. The number of benzene rings is 2. The molecule has 0 fully saturated rings. The Morgan fingerprint density at radius 1 is 1.14 bits per heavy atom. The highest BCUT2D eigenvalue weighted by Crippen LogP contribution is 2.20. The van der Waals surface area contributed by atoms with Crippen LogP contribution in [0.3, 0.4) is 0 Å². The van der Waals surface area contributed by atoms with Crippen LogP contribution in [-0.2, 0) is 4.79 Å². The lowest BCUT2D eigenvalue weighted by Gasteiger charge is -2.16. The van der Waals surface area contributed by atoms with E-state index in [4.69, 9.17) is 9.47 Å². The monoisotopic (exact) mass is 285 g/mol. The van der Waals surface area contributed by atoms with Crippen LogP contribution >= 0.6 is 0 Å². The zero-order valence-electron chi connectivity index (χ0n) is 12.4. The molecule has 2 aromatic rings. The van der Waals surface area contributed by atoms with E-state index in [-0.39, 0.29) is 5.91 Å². The molecule has 0 aromatic heterocycles. The van der Waals surface area contributed by atoms with Gasteiger partial charge >= 0.3 is 0 Å². The maximum absolute atomic E-state index is 12.2. The summed E-state index contributed by atoms with van der Waals surface area (Å²) in [6.07, 6.45) is -0.586. The van der Waals surface area contributed by atoms with Gasteiger partial charge in [-0.15, -0.1) is 0 Å². The van der Waals surface area contributed by atoms with Crippen molar-refractivity contribution in [2.75, 3.05) is 12.4 Å². The van der Waals surface area contributed by atoms with Crippen molar-refractivity contribution < 1.29 is 14.3 Å². The maximum Gasteiger partial charge on any atom is 0.265 e. The largest absolute Gasteiger partial charge is 0.497 e. The van der Waals surface area contributed by atoms with Crippen molar-refractivity contribution in [1.82, 2.24) is 0 Å². The minimum atomic E-state index is -0.586. The topological polar surface area (TPSA) is 47.6 Å². The fourth-order valence-corrected chi connectivity index (χ4v) is 1.88. The molecule has 2 aromatic carbocycles. The van der Waals surface area contributed by atoms with Crippen LogP contribution in [0.2, 0.25) is 0 Å². The van der Waals surface area contributed by atoms with Gasteiger partial charge in [-0.3, -0.25) is 4.79 Å². The number of carbonyl (C=O) groups excluding carboxylic acids is 1. The zero-order chi connectivity index (χ0) is 15.2. The van der Waals surface area contributed by atoms with E-state index in [0.29, 0.717) is 17.2 Å². The molecule has 0 saturated heterocycles. The fourth-order valence-electron chi connectivity index (χ4n) is 1.88. The predicted molar refractivity (Wildman–Crippen MR) is 82.9 cm³/mol. The van der Waals surface area contributed by atoms with E-state index in [1.807, 2.05) is 43.3 Å². The van der Waals surface area contributed by atoms with Crippen LogP contribution in [0, 0.1) is 6.92 Å². The molecule has 0 aliphatic rings. The van der Waals surface area contributed by atoms with E-state index in [9.17, 15) is 4.79 Å². The lowest BCUT2D eigenvalue weighted by atomic mass is 10.2. The Morgan fingerprint density at radius 3 is 2.62 bits per heavy atom. The molecular weight excluding hydrogens is 266 g/mol. The first-order valence-corrected chi connectivity index (χ1v) is 6.77. The van der Waals surface area contributed by atoms with Crippen molar-refractivity contribution in [3.8, 4) is 11.5 Å². The van der Waals surface area contributed by atoms with Crippen molar-refractivity contribution in [2.24, 2.45) is 0 Å². The summed E-state index contributed by atoms with van der Waals surface area (Å²) in [4.78, 5) is 12.2.